The van der Waals surface area contributed by atoms with Crippen LogP contribution < -0.4 is 10.1 Å². The largest absolute Gasteiger partial charge is 0.496 e. The average Bonchev–Trinajstić information content (AvgIpc) is 2.60. The summed E-state index contributed by atoms with van der Waals surface area (Å²) in [6, 6.07) is 9.83. The Kier molecular flexibility index (Phi) is 6.93. The molecule has 0 fully saturated rings. The van der Waals surface area contributed by atoms with E-state index in [1.165, 1.54) is 40.2 Å². The van der Waals surface area contributed by atoms with Crippen molar-refractivity contribution in [1.29, 1.82) is 0 Å². The number of nitrogens with zero attached hydrogens (tertiary/aromatic N) is 1. The number of hydrogen-bond donors (Lipinski definition) is 1. The van der Waals surface area contributed by atoms with Gasteiger partial charge in [0.1, 0.15) is 5.75 Å². The fourth-order valence-electron chi connectivity index (χ4n) is 3.18. The number of rotatable bonds is 8. The fourth-order valence-corrected chi connectivity index (χ4v) is 4.69. The molecule has 0 aromatic heterocycles. The molecule has 1 atom stereocenters. The Morgan fingerprint density at radius 3 is 2.28 bits per heavy atom. The Morgan fingerprint density at radius 1 is 1.17 bits per heavy atom. The number of amides is 1. The molecule has 156 valence electrons. The Labute approximate surface area is 168 Å². The van der Waals surface area contributed by atoms with Crippen molar-refractivity contribution in [2.45, 2.75) is 24.8 Å². The fraction of sp³-hybridized carbons (Fsp3) is 0.316. The topological polar surface area (TPSA) is 125 Å². The van der Waals surface area contributed by atoms with Crippen LogP contribution in [-0.2, 0) is 19.4 Å². The van der Waals surface area contributed by atoms with Gasteiger partial charge in [-0.05, 0) is 43.2 Å². The van der Waals surface area contributed by atoms with Gasteiger partial charge in [-0.3, -0.25) is 14.9 Å². The monoisotopic (exact) mass is 422 g/mol. The van der Waals surface area contributed by atoms with Crippen molar-refractivity contribution in [1.82, 2.24) is 0 Å². The molecule has 0 aliphatic carbocycles. The van der Waals surface area contributed by atoms with Gasteiger partial charge in [0.05, 0.1) is 12.0 Å². The van der Waals surface area contributed by atoms with E-state index in [4.69, 9.17) is 9.47 Å². The summed E-state index contributed by atoms with van der Waals surface area (Å²) in [7, 11) is -1.22. The van der Waals surface area contributed by atoms with Crippen LogP contribution in [0.25, 0.3) is 0 Å². The third kappa shape index (κ3) is 5.09. The van der Waals surface area contributed by atoms with Crippen LogP contribution in [-0.4, -0.2) is 39.3 Å². The molecule has 0 saturated carbocycles. The maximum atomic E-state index is 12.8. The molecule has 0 aliphatic heterocycles. The summed E-state index contributed by atoms with van der Waals surface area (Å²) in [5.41, 5.74) is 1.48. The molecular formula is C19H22N2O7S. The van der Waals surface area contributed by atoms with Crippen molar-refractivity contribution in [3.8, 4) is 5.75 Å². The summed E-state index contributed by atoms with van der Waals surface area (Å²) in [5.74, 6) is -1.18. The Morgan fingerprint density at radius 2 is 1.76 bits per heavy atom. The number of carbonyl (C=O) groups is 1. The van der Waals surface area contributed by atoms with Crippen molar-refractivity contribution >= 4 is 21.4 Å². The van der Waals surface area contributed by atoms with Gasteiger partial charge < -0.3 is 14.8 Å². The molecule has 2 rings (SSSR count). The number of nitro groups is 1. The van der Waals surface area contributed by atoms with Gasteiger partial charge in [0.15, 0.2) is 6.10 Å². The second-order valence-electron chi connectivity index (χ2n) is 6.36. The smallest absolute Gasteiger partial charge is 0.305 e. The second-order valence-corrected chi connectivity index (χ2v) is 8.26. The number of hydrogen-bond acceptors (Lipinski definition) is 7. The highest BCUT2D eigenvalue weighted by molar-refractivity contribution is 7.91. The lowest BCUT2D eigenvalue weighted by molar-refractivity contribution is -0.458. The third-order valence-electron chi connectivity index (χ3n) is 4.21. The molecule has 0 radical (unpaired) electrons. The van der Waals surface area contributed by atoms with Crippen molar-refractivity contribution in [3.63, 3.8) is 0 Å². The van der Waals surface area contributed by atoms with E-state index in [2.05, 4.69) is 5.32 Å². The number of nitrogens with one attached hydrogen (secondary N) is 1. The van der Waals surface area contributed by atoms with Crippen LogP contribution in [0.15, 0.2) is 41.3 Å². The summed E-state index contributed by atoms with van der Waals surface area (Å²) >= 11 is 0. The molecule has 0 aliphatic rings. The lowest BCUT2D eigenvalue weighted by Gasteiger charge is -2.19. The predicted molar refractivity (Wildman–Crippen MR) is 106 cm³/mol. The van der Waals surface area contributed by atoms with Crippen LogP contribution in [0.3, 0.4) is 0 Å². The molecule has 0 bridgehead atoms. The minimum Gasteiger partial charge on any atom is -0.496 e. The molecular weight excluding hydrogens is 400 g/mol. The summed E-state index contributed by atoms with van der Waals surface area (Å²) < 4.78 is 35.1. The first-order valence-corrected chi connectivity index (χ1v) is 10.2. The number of aryl methyl sites for hydroxylation is 2. The minimum atomic E-state index is -4.09. The normalized spacial score (nSPS) is 12.3. The quantitative estimate of drug-likeness (QED) is 0.512. The average molecular weight is 422 g/mol. The van der Waals surface area contributed by atoms with Crippen molar-refractivity contribution in [2.24, 2.45) is 0 Å². The van der Waals surface area contributed by atoms with Crippen LogP contribution in [0.4, 0.5) is 5.69 Å². The van der Waals surface area contributed by atoms with Crippen LogP contribution in [0.1, 0.15) is 22.8 Å². The number of ether oxygens (including phenoxy) is 2. The van der Waals surface area contributed by atoms with Crippen molar-refractivity contribution in [2.75, 3.05) is 25.4 Å². The number of sulfone groups is 1. The van der Waals surface area contributed by atoms with Gasteiger partial charge in [-0.1, -0.05) is 18.2 Å². The first-order chi connectivity index (χ1) is 13.6. The lowest BCUT2D eigenvalue weighted by Crippen LogP contribution is -2.23. The Bertz CT molecular complexity index is 1010. The van der Waals surface area contributed by atoms with Gasteiger partial charge in [0.25, 0.3) is 5.91 Å². The molecule has 1 amide bonds. The summed E-state index contributed by atoms with van der Waals surface area (Å²) in [5, 5.41) is 13.4. The van der Waals surface area contributed by atoms with E-state index in [1.807, 2.05) is 0 Å². The maximum Gasteiger partial charge on any atom is 0.305 e. The first-order valence-electron chi connectivity index (χ1n) is 8.53. The highest BCUT2D eigenvalue weighted by Crippen LogP contribution is 2.30. The first kappa shape index (κ1) is 22.3. The molecule has 1 unspecified atom stereocenters. The summed E-state index contributed by atoms with van der Waals surface area (Å²) in [6.45, 7) is 3.03. The predicted octanol–water partition coefficient (Wildman–Crippen LogP) is 2.65. The van der Waals surface area contributed by atoms with Gasteiger partial charge >= 0.3 is 5.88 Å². The maximum absolute atomic E-state index is 12.8. The molecule has 10 heteroatoms. The molecule has 0 heterocycles. The summed E-state index contributed by atoms with van der Waals surface area (Å²) in [4.78, 5) is 22.4. The van der Waals surface area contributed by atoms with Crippen molar-refractivity contribution in [3.05, 3.63) is 63.2 Å². The molecule has 0 saturated heterocycles. The van der Waals surface area contributed by atoms with E-state index < -0.39 is 32.6 Å². The van der Waals surface area contributed by atoms with Gasteiger partial charge in [0, 0.05) is 23.3 Å². The van der Waals surface area contributed by atoms with Crippen LogP contribution >= 0.6 is 0 Å². The number of carbonyl (C=O) groups excluding carboxylic acids is 1. The molecule has 1 N–H and O–H groups in total. The zero-order valence-electron chi connectivity index (χ0n) is 16.5. The van der Waals surface area contributed by atoms with E-state index >= 15 is 0 Å². The molecule has 2 aromatic carbocycles. The zero-order valence-corrected chi connectivity index (χ0v) is 17.3. The number of benzene rings is 2. The molecule has 9 nitrogen and oxygen atoms in total. The van der Waals surface area contributed by atoms with Crippen molar-refractivity contribution < 1.29 is 27.6 Å². The lowest BCUT2D eigenvalue weighted by atomic mass is 10.1. The highest BCUT2D eigenvalue weighted by atomic mass is 32.2. The van der Waals surface area contributed by atoms with E-state index in [9.17, 15) is 23.3 Å². The van der Waals surface area contributed by atoms with Crippen LogP contribution in [0.5, 0.6) is 5.75 Å². The van der Waals surface area contributed by atoms with E-state index in [0.717, 1.165) is 0 Å². The highest BCUT2D eigenvalue weighted by Gasteiger charge is 2.27. The number of anilines is 1. The van der Waals surface area contributed by atoms with E-state index in [0.29, 0.717) is 28.1 Å². The van der Waals surface area contributed by atoms with Crippen LogP contribution in [0.2, 0.25) is 0 Å². The van der Waals surface area contributed by atoms with Gasteiger partial charge in [-0.15, -0.1) is 0 Å². The molecule has 2 aromatic rings. The standard InChI is InChI=1S/C19H22N2O7S/c1-12-9-14(10-13(2)18(12)29(25,26)11-21(23)24)20-19(22)17(28-4)15-7-5-6-8-16(15)27-3/h5-10,17H,11H2,1-4H3,(H,20,22). The second kappa shape index (κ2) is 9.01. The van der Waals surface area contributed by atoms with Crippen LogP contribution in [0, 0.1) is 24.0 Å². The summed E-state index contributed by atoms with van der Waals surface area (Å²) in [6.07, 6.45) is -0.954. The Balaban J connectivity index is 2.34. The molecule has 29 heavy (non-hydrogen) atoms. The third-order valence-corrected chi connectivity index (χ3v) is 6.03. The minimum absolute atomic E-state index is 0.111. The number of para-hydroxylation sites is 1. The van der Waals surface area contributed by atoms with E-state index in [1.54, 1.807) is 24.3 Å². The van der Waals surface area contributed by atoms with Gasteiger partial charge in [0.2, 0.25) is 9.84 Å². The van der Waals surface area contributed by atoms with Gasteiger partial charge in [-0.2, -0.15) is 0 Å². The molecule has 0 spiro atoms. The number of methoxy groups -OCH3 is 2. The SMILES string of the molecule is COc1ccccc1C(OC)C(=O)Nc1cc(C)c(S(=O)(=O)C[N+](=O)[O-])c(C)c1. The zero-order chi connectivity index (χ0) is 21.8. The Hall–Kier alpha value is -2.98. The van der Waals surface area contributed by atoms with E-state index in [-0.39, 0.29) is 4.90 Å². The van der Waals surface area contributed by atoms with Gasteiger partial charge in [-0.25, -0.2) is 8.42 Å².